The van der Waals surface area contributed by atoms with E-state index in [1.54, 1.807) is 6.20 Å². The number of amides is 1. The van der Waals surface area contributed by atoms with Crippen molar-refractivity contribution < 1.29 is 9.18 Å². The molecule has 2 N–H and O–H groups in total. The molecular formula is C21H24FN5O. The molecule has 146 valence electrons. The van der Waals surface area contributed by atoms with Crippen LogP contribution in [0.25, 0.3) is 10.9 Å². The van der Waals surface area contributed by atoms with E-state index >= 15 is 0 Å². The lowest BCUT2D eigenvalue weighted by atomic mass is 9.99. The summed E-state index contributed by atoms with van der Waals surface area (Å²) < 4.78 is 14.1. The van der Waals surface area contributed by atoms with Gasteiger partial charge in [-0.3, -0.25) is 14.7 Å². The van der Waals surface area contributed by atoms with Gasteiger partial charge in [0.05, 0.1) is 22.8 Å². The first-order valence-electron chi connectivity index (χ1n) is 9.78. The Morgan fingerprint density at radius 1 is 1.29 bits per heavy atom. The highest BCUT2D eigenvalue weighted by Crippen LogP contribution is 2.35. The summed E-state index contributed by atoms with van der Waals surface area (Å²) in [7, 11) is 0. The van der Waals surface area contributed by atoms with E-state index < -0.39 is 0 Å². The summed E-state index contributed by atoms with van der Waals surface area (Å²) >= 11 is 0. The fourth-order valence-corrected chi connectivity index (χ4v) is 4.80. The maximum absolute atomic E-state index is 14.1. The van der Waals surface area contributed by atoms with Crippen molar-refractivity contribution in [2.24, 2.45) is 5.73 Å². The summed E-state index contributed by atoms with van der Waals surface area (Å²) in [5, 5.41) is 10.3. The number of nitrogens with two attached hydrogens (primary N) is 1. The Bertz CT molecular complexity index is 961. The third kappa shape index (κ3) is 3.18. The fraction of sp³-hybridized carbons (Fsp3) is 0.476. The maximum atomic E-state index is 14.1. The first-order chi connectivity index (χ1) is 13.5. The van der Waals surface area contributed by atoms with Crippen LogP contribution in [0.15, 0.2) is 18.3 Å². The lowest BCUT2D eigenvalue weighted by molar-refractivity contribution is -0.123. The average Bonchev–Trinajstić information content (AvgIpc) is 3.17. The molecule has 4 rings (SSSR count). The van der Waals surface area contributed by atoms with Gasteiger partial charge in [-0.15, -0.1) is 0 Å². The smallest absolute Gasteiger partial charge is 0.234 e. The Morgan fingerprint density at radius 3 is 2.71 bits per heavy atom. The van der Waals surface area contributed by atoms with Crippen LogP contribution >= 0.6 is 0 Å². The number of hydrogen-bond acceptors (Lipinski definition) is 5. The van der Waals surface area contributed by atoms with Crippen LogP contribution < -0.4 is 10.6 Å². The highest BCUT2D eigenvalue weighted by Gasteiger charge is 2.36. The molecule has 0 spiro atoms. The molecule has 1 aromatic carbocycles. The van der Waals surface area contributed by atoms with E-state index in [-0.39, 0.29) is 17.8 Å². The van der Waals surface area contributed by atoms with Gasteiger partial charge in [-0.25, -0.2) is 4.39 Å². The lowest BCUT2D eigenvalue weighted by Gasteiger charge is -2.40. The molecule has 2 fully saturated rings. The zero-order valence-electron chi connectivity index (χ0n) is 16.0. The number of hydrogen-bond donors (Lipinski definition) is 1. The van der Waals surface area contributed by atoms with Crippen LogP contribution in [0.3, 0.4) is 0 Å². The van der Waals surface area contributed by atoms with E-state index in [1.807, 2.05) is 6.92 Å². The van der Waals surface area contributed by atoms with Crippen molar-refractivity contribution in [1.82, 2.24) is 9.88 Å². The number of carbonyl (C=O) groups excluding carboxylic acids is 1. The topological polar surface area (TPSA) is 86.2 Å². The molecule has 1 aromatic heterocycles. The predicted molar refractivity (Wildman–Crippen MR) is 105 cm³/mol. The molecule has 0 aliphatic carbocycles. The zero-order valence-corrected chi connectivity index (χ0v) is 16.0. The van der Waals surface area contributed by atoms with Gasteiger partial charge in [0.1, 0.15) is 11.9 Å². The number of carbonyl (C=O) groups is 1. The number of aromatic nitrogens is 1. The minimum absolute atomic E-state index is 0.162. The second-order valence-corrected chi connectivity index (χ2v) is 7.77. The number of anilines is 1. The first kappa shape index (κ1) is 18.6. The molecule has 6 nitrogen and oxygen atoms in total. The van der Waals surface area contributed by atoms with Crippen molar-refractivity contribution in [3.05, 3.63) is 35.3 Å². The molecule has 1 amide bonds. The molecule has 2 aliphatic rings. The molecule has 1 atom stereocenters. The number of halogens is 1. The third-order valence-electron chi connectivity index (χ3n) is 6.09. The Balaban J connectivity index is 1.62. The van der Waals surface area contributed by atoms with Gasteiger partial charge < -0.3 is 10.6 Å². The number of fused-ring (bicyclic) bond motifs is 1. The first-order valence-corrected chi connectivity index (χ1v) is 9.78. The SMILES string of the molecule is Cc1cc(F)cc2c(N3CCC(N4CCCC4C(N)=O)CC3)c(C#N)cnc12. The largest absolute Gasteiger partial charge is 0.370 e. The van der Waals surface area contributed by atoms with E-state index in [9.17, 15) is 14.4 Å². The summed E-state index contributed by atoms with van der Waals surface area (Å²) in [4.78, 5) is 20.5. The number of rotatable bonds is 3. The maximum Gasteiger partial charge on any atom is 0.234 e. The van der Waals surface area contributed by atoms with Gasteiger partial charge in [-0.2, -0.15) is 5.26 Å². The second-order valence-electron chi connectivity index (χ2n) is 7.77. The molecule has 7 heteroatoms. The number of piperidine rings is 1. The molecule has 0 saturated carbocycles. The van der Waals surface area contributed by atoms with E-state index in [4.69, 9.17) is 5.73 Å². The number of nitriles is 1. The quantitative estimate of drug-likeness (QED) is 0.883. The Hall–Kier alpha value is -2.72. The minimum atomic E-state index is -0.320. The number of primary amides is 1. The van der Waals surface area contributed by atoms with Crippen LogP contribution in [0.5, 0.6) is 0 Å². The summed E-state index contributed by atoms with van der Waals surface area (Å²) in [6.45, 7) is 4.23. The van der Waals surface area contributed by atoms with Crippen LogP contribution in [0.1, 0.15) is 36.8 Å². The third-order valence-corrected chi connectivity index (χ3v) is 6.09. The summed E-state index contributed by atoms with van der Waals surface area (Å²) in [5.41, 5.74) is 8.29. The van der Waals surface area contributed by atoms with Gasteiger partial charge in [-0.1, -0.05) is 0 Å². The van der Waals surface area contributed by atoms with Crippen LogP contribution in [0.2, 0.25) is 0 Å². The molecule has 2 aromatic rings. The van der Waals surface area contributed by atoms with Gasteiger partial charge >= 0.3 is 0 Å². The number of pyridine rings is 1. The predicted octanol–water partition coefficient (Wildman–Crippen LogP) is 2.47. The molecule has 3 heterocycles. The fourth-order valence-electron chi connectivity index (χ4n) is 4.80. The minimum Gasteiger partial charge on any atom is -0.370 e. The monoisotopic (exact) mass is 381 g/mol. The standard InChI is InChI=1S/C21H24FN5O/c1-13-9-15(22)10-17-19(13)25-12-14(11-23)20(17)26-7-4-16(5-8-26)27-6-2-3-18(27)21(24)28/h9-10,12,16,18H,2-8H2,1H3,(H2,24,28). The molecule has 1 unspecified atom stereocenters. The highest BCUT2D eigenvalue weighted by atomic mass is 19.1. The van der Waals surface area contributed by atoms with Crippen molar-refractivity contribution in [2.45, 2.75) is 44.7 Å². The van der Waals surface area contributed by atoms with E-state index in [0.717, 1.165) is 62.1 Å². The van der Waals surface area contributed by atoms with Crippen molar-refractivity contribution in [3.63, 3.8) is 0 Å². The van der Waals surface area contributed by atoms with Crippen molar-refractivity contribution >= 4 is 22.5 Å². The van der Waals surface area contributed by atoms with Crippen molar-refractivity contribution in [3.8, 4) is 6.07 Å². The number of benzene rings is 1. The van der Waals surface area contributed by atoms with Gasteiger partial charge in [0.25, 0.3) is 0 Å². The van der Waals surface area contributed by atoms with E-state index in [1.165, 1.54) is 12.1 Å². The Labute approximate surface area is 163 Å². The molecule has 0 bridgehead atoms. The Morgan fingerprint density at radius 2 is 2.04 bits per heavy atom. The van der Waals surface area contributed by atoms with E-state index in [2.05, 4.69) is 20.9 Å². The Kier molecular flexibility index (Phi) is 4.90. The van der Waals surface area contributed by atoms with Crippen molar-refractivity contribution in [2.75, 3.05) is 24.5 Å². The van der Waals surface area contributed by atoms with Crippen LogP contribution in [0, 0.1) is 24.1 Å². The van der Waals surface area contributed by atoms with Crippen LogP contribution in [-0.2, 0) is 4.79 Å². The molecule has 2 saturated heterocycles. The summed E-state index contributed by atoms with van der Waals surface area (Å²) in [5.74, 6) is -0.558. The average molecular weight is 381 g/mol. The van der Waals surface area contributed by atoms with Gasteiger partial charge in [0.2, 0.25) is 5.91 Å². The molecule has 2 aliphatic heterocycles. The molecular weight excluding hydrogens is 357 g/mol. The number of likely N-dealkylation sites (tertiary alicyclic amines) is 1. The van der Waals surface area contributed by atoms with E-state index in [0.29, 0.717) is 17.0 Å². The summed E-state index contributed by atoms with van der Waals surface area (Å²) in [6.07, 6.45) is 5.18. The zero-order chi connectivity index (χ0) is 19.8. The normalized spacial score (nSPS) is 21.2. The number of aryl methyl sites for hydroxylation is 1. The van der Waals surface area contributed by atoms with Crippen LogP contribution in [-0.4, -0.2) is 47.5 Å². The molecule has 0 radical (unpaired) electrons. The number of nitrogens with zero attached hydrogens (tertiary/aromatic N) is 4. The van der Waals surface area contributed by atoms with Crippen LogP contribution in [0.4, 0.5) is 10.1 Å². The van der Waals surface area contributed by atoms with Gasteiger partial charge in [0.15, 0.2) is 0 Å². The van der Waals surface area contributed by atoms with Gasteiger partial charge in [0, 0.05) is 30.7 Å². The highest BCUT2D eigenvalue weighted by molar-refractivity contribution is 5.96. The summed E-state index contributed by atoms with van der Waals surface area (Å²) in [6, 6.07) is 5.31. The molecule has 28 heavy (non-hydrogen) atoms. The second kappa shape index (κ2) is 7.36. The van der Waals surface area contributed by atoms with Crippen molar-refractivity contribution in [1.29, 1.82) is 5.26 Å². The lowest BCUT2D eigenvalue weighted by Crippen LogP contribution is -2.50. The van der Waals surface area contributed by atoms with Gasteiger partial charge in [-0.05, 0) is 56.8 Å².